The molecule has 1 saturated heterocycles. The summed E-state index contributed by atoms with van der Waals surface area (Å²) < 4.78 is 53.0. The minimum absolute atomic E-state index is 0.0219. The standard InChI is InChI=1S/C32H32FN5O5S2/c1-3-42-28-19-34-30-25(16-21(17-26(30)36-28)32(39)38-12-5-4-6-13-38)31-37-29-20(2)15-23(18-27(29)44-31)43-14-11-35-45(40,41)24-9-7-22(33)8-10-24/h7-10,15-19,35H,3-6,11-14H2,1-2H3. The number of likely N-dealkylation sites (tertiary alicyclic amines) is 1. The van der Waals surface area contributed by atoms with Gasteiger partial charge < -0.3 is 14.4 Å². The minimum Gasteiger partial charge on any atom is -0.492 e. The van der Waals surface area contributed by atoms with E-state index in [0.29, 0.717) is 45.4 Å². The van der Waals surface area contributed by atoms with Crippen LogP contribution < -0.4 is 14.2 Å². The highest BCUT2D eigenvalue weighted by molar-refractivity contribution is 7.89. The molecule has 2 aromatic heterocycles. The summed E-state index contributed by atoms with van der Waals surface area (Å²) in [5.74, 6) is 0.408. The van der Waals surface area contributed by atoms with Crippen LogP contribution >= 0.6 is 11.3 Å². The number of thiazole rings is 1. The van der Waals surface area contributed by atoms with Gasteiger partial charge in [-0.15, -0.1) is 11.3 Å². The zero-order valence-electron chi connectivity index (χ0n) is 24.9. The minimum atomic E-state index is -3.79. The SMILES string of the molecule is CCOc1cnc2c(-c3nc4c(C)cc(OCCNS(=O)(=O)c5ccc(F)cc5)cc4s3)cc(C(=O)N3CCCCC3)cc2n1. The number of nitrogens with one attached hydrogen (secondary N) is 1. The summed E-state index contributed by atoms with van der Waals surface area (Å²) in [4.78, 5) is 29.6. The Bertz CT molecular complexity index is 1980. The first-order valence-electron chi connectivity index (χ1n) is 14.7. The molecule has 1 fully saturated rings. The van der Waals surface area contributed by atoms with Crippen LogP contribution in [0.15, 0.2) is 59.6 Å². The maximum Gasteiger partial charge on any atom is 0.253 e. The number of halogens is 1. The summed E-state index contributed by atoms with van der Waals surface area (Å²) in [5, 5.41) is 0.689. The van der Waals surface area contributed by atoms with E-state index in [4.69, 9.17) is 14.5 Å². The summed E-state index contributed by atoms with van der Waals surface area (Å²) >= 11 is 1.45. The molecule has 1 amide bonds. The molecule has 45 heavy (non-hydrogen) atoms. The summed E-state index contributed by atoms with van der Waals surface area (Å²) in [6.07, 6.45) is 4.68. The fourth-order valence-electron chi connectivity index (χ4n) is 5.30. The van der Waals surface area contributed by atoms with Crippen molar-refractivity contribution >= 4 is 48.5 Å². The molecule has 0 radical (unpaired) electrons. The van der Waals surface area contributed by atoms with Gasteiger partial charge in [-0.3, -0.25) is 4.79 Å². The fraction of sp³-hybridized carbons (Fsp3) is 0.312. The number of fused-ring (bicyclic) bond motifs is 2. The summed E-state index contributed by atoms with van der Waals surface area (Å²) in [6.45, 7) is 5.82. The lowest BCUT2D eigenvalue weighted by atomic mass is 10.0. The van der Waals surface area contributed by atoms with Crippen molar-refractivity contribution in [2.24, 2.45) is 0 Å². The Balaban J connectivity index is 1.27. The monoisotopic (exact) mass is 649 g/mol. The molecule has 10 nitrogen and oxygen atoms in total. The highest BCUT2D eigenvalue weighted by Gasteiger charge is 2.22. The van der Waals surface area contributed by atoms with Crippen molar-refractivity contribution in [3.8, 4) is 22.2 Å². The summed E-state index contributed by atoms with van der Waals surface area (Å²) in [7, 11) is -3.79. The second-order valence-corrected chi connectivity index (χ2v) is 13.5. The Morgan fingerprint density at radius 2 is 1.80 bits per heavy atom. The molecule has 0 unspecified atom stereocenters. The first-order valence-corrected chi connectivity index (χ1v) is 17.0. The van der Waals surface area contributed by atoms with E-state index in [1.807, 2.05) is 36.9 Å². The van der Waals surface area contributed by atoms with Crippen molar-refractivity contribution in [3.05, 3.63) is 71.7 Å². The molecule has 3 heterocycles. The molecule has 1 aliphatic rings. The van der Waals surface area contributed by atoms with E-state index < -0.39 is 15.8 Å². The molecule has 0 atom stereocenters. The maximum absolute atomic E-state index is 13.5. The Morgan fingerprint density at radius 1 is 1.02 bits per heavy atom. The molecule has 0 aliphatic carbocycles. The number of amides is 1. The highest BCUT2D eigenvalue weighted by Crippen LogP contribution is 2.38. The van der Waals surface area contributed by atoms with E-state index in [2.05, 4.69) is 14.7 Å². The first kappa shape index (κ1) is 30.8. The molecule has 234 valence electrons. The normalized spacial score (nSPS) is 13.8. The number of benzene rings is 3. The summed E-state index contributed by atoms with van der Waals surface area (Å²) in [5.41, 5.74) is 4.09. The van der Waals surface area contributed by atoms with Crippen LogP contribution in [0, 0.1) is 12.7 Å². The van der Waals surface area contributed by atoms with Crippen LogP contribution in [0.1, 0.15) is 42.1 Å². The first-order chi connectivity index (χ1) is 21.7. The van der Waals surface area contributed by atoms with Crippen molar-refractivity contribution in [1.82, 2.24) is 24.6 Å². The third-order valence-corrected chi connectivity index (χ3v) is 10.00. The van der Waals surface area contributed by atoms with Gasteiger partial charge in [-0.1, -0.05) is 0 Å². The molecule has 6 rings (SSSR count). The molecule has 0 saturated carbocycles. The number of rotatable bonds is 10. The number of nitrogens with zero attached hydrogens (tertiary/aromatic N) is 4. The second kappa shape index (κ2) is 13.0. The predicted octanol–water partition coefficient (Wildman–Crippen LogP) is 5.74. The van der Waals surface area contributed by atoms with Crippen molar-refractivity contribution < 1.29 is 27.1 Å². The third kappa shape index (κ3) is 6.75. The predicted molar refractivity (Wildman–Crippen MR) is 171 cm³/mol. The molecule has 13 heteroatoms. The van der Waals surface area contributed by atoms with Crippen LogP contribution in [0.25, 0.3) is 31.8 Å². The molecule has 1 N–H and O–H groups in total. The lowest BCUT2D eigenvalue weighted by Crippen LogP contribution is -2.35. The van der Waals surface area contributed by atoms with Crippen LogP contribution in [0.5, 0.6) is 11.6 Å². The number of carbonyl (C=O) groups excluding carboxylic acids is 1. The van der Waals surface area contributed by atoms with Gasteiger partial charge >= 0.3 is 0 Å². The average molecular weight is 650 g/mol. The zero-order chi connectivity index (χ0) is 31.6. The van der Waals surface area contributed by atoms with E-state index in [1.165, 1.54) is 23.5 Å². The highest BCUT2D eigenvalue weighted by atomic mass is 32.2. The number of ether oxygens (including phenoxy) is 2. The van der Waals surface area contributed by atoms with Crippen molar-refractivity contribution in [1.29, 1.82) is 0 Å². The number of aryl methyl sites for hydroxylation is 1. The van der Waals surface area contributed by atoms with Crippen LogP contribution in [0.4, 0.5) is 4.39 Å². The Kier molecular flexibility index (Phi) is 8.92. The number of carbonyl (C=O) groups is 1. The largest absolute Gasteiger partial charge is 0.492 e. The van der Waals surface area contributed by atoms with Crippen LogP contribution in [0.3, 0.4) is 0 Å². The van der Waals surface area contributed by atoms with Crippen LogP contribution in [-0.2, 0) is 10.0 Å². The lowest BCUT2D eigenvalue weighted by Gasteiger charge is -2.27. The number of sulfonamides is 1. The van der Waals surface area contributed by atoms with Gasteiger partial charge in [0.05, 0.1) is 38.9 Å². The third-order valence-electron chi connectivity index (χ3n) is 7.48. The zero-order valence-corrected chi connectivity index (χ0v) is 26.5. The van der Waals surface area contributed by atoms with Crippen LogP contribution in [-0.4, -0.2) is 67.0 Å². The Labute approximate surface area is 264 Å². The van der Waals surface area contributed by atoms with Gasteiger partial charge in [0.15, 0.2) is 0 Å². The van der Waals surface area contributed by atoms with Gasteiger partial charge in [-0.2, -0.15) is 0 Å². The smallest absolute Gasteiger partial charge is 0.253 e. The second-order valence-electron chi connectivity index (χ2n) is 10.7. The van der Waals surface area contributed by atoms with Crippen LogP contribution in [0.2, 0.25) is 0 Å². The van der Waals surface area contributed by atoms with Crippen molar-refractivity contribution in [3.63, 3.8) is 0 Å². The van der Waals surface area contributed by atoms with E-state index in [-0.39, 0.29) is 24.0 Å². The molecule has 3 aromatic carbocycles. The number of aromatic nitrogens is 3. The Morgan fingerprint density at radius 3 is 2.56 bits per heavy atom. The van der Waals surface area contributed by atoms with Gasteiger partial charge in [0.25, 0.3) is 5.91 Å². The van der Waals surface area contributed by atoms with Crippen molar-refractivity contribution in [2.75, 3.05) is 32.8 Å². The van der Waals surface area contributed by atoms with E-state index >= 15 is 0 Å². The van der Waals surface area contributed by atoms with E-state index in [1.54, 1.807) is 12.3 Å². The average Bonchev–Trinajstić information content (AvgIpc) is 3.48. The molecule has 5 aromatic rings. The van der Waals surface area contributed by atoms with Gasteiger partial charge in [0.1, 0.15) is 23.2 Å². The van der Waals surface area contributed by atoms with Crippen molar-refractivity contribution in [2.45, 2.75) is 38.0 Å². The van der Waals surface area contributed by atoms with E-state index in [9.17, 15) is 17.6 Å². The van der Waals surface area contributed by atoms with Gasteiger partial charge in [0, 0.05) is 30.8 Å². The molecule has 0 bridgehead atoms. The molecule has 1 aliphatic heterocycles. The molecular weight excluding hydrogens is 618 g/mol. The summed E-state index contributed by atoms with van der Waals surface area (Å²) in [6, 6.07) is 12.0. The van der Waals surface area contributed by atoms with E-state index in [0.717, 1.165) is 60.3 Å². The van der Waals surface area contributed by atoms with Gasteiger partial charge in [-0.25, -0.2) is 32.5 Å². The Hall–Kier alpha value is -4.20. The number of hydrogen-bond donors (Lipinski definition) is 1. The van der Waals surface area contributed by atoms with Gasteiger partial charge in [-0.05, 0) is 87.2 Å². The number of piperidine rings is 1. The maximum atomic E-state index is 13.5. The topological polar surface area (TPSA) is 124 Å². The molecular formula is C32H32FN5O5S2. The quantitative estimate of drug-likeness (QED) is 0.190. The fourth-order valence-corrected chi connectivity index (χ4v) is 7.40. The lowest BCUT2D eigenvalue weighted by molar-refractivity contribution is 0.0724. The molecule has 0 spiro atoms. The van der Waals surface area contributed by atoms with Gasteiger partial charge in [0.2, 0.25) is 15.9 Å². The number of hydrogen-bond acceptors (Lipinski definition) is 9.